The van der Waals surface area contributed by atoms with E-state index >= 15 is 0 Å². The molecule has 2 rings (SSSR count). The second kappa shape index (κ2) is 7.89. The van der Waals surface area contributed by atoms with Gasteiger partial charge in [-0.3, -0.25) is 0 Å². The summed E-state index contributed by atoms with van der Waals surface area (Å²) in [4.78, 5) is 8.63. The highest BCUT2D eigenvalue weighted by Gasteiger charge is 2.19. The van der Waals surface area contributed by atoms with Crippen molar-refractivity contribution in [2.75, 3.05) is 0 Å². The van der Waals surface area contributed by atoms with E-state index in [1.54, 1.807) is 0 Å². The molecule has 3 heteroatoms. The Bertz CT molecular complexity index is 535. The van der Waals surface area contributed by atoms with E-state index in [4.69, 9.17) is 0 Å². The molecule has 112 valence electrons. The zero-order valence-corrected chi connectivity index (χ0v) is 13.2. The number of aromatic nitrogens is 2. The van der Waals surface area contributed by atoms with Crippen molar-refractivity contribution in [1.29, 1.82) is 0 Å². The third-order valence-corrected chi connectivity index (χ3v) is 4.02. The van der Waals surface area contributed by atoms with Gasteiger partial charge in [-0.2, -0.15) is 0 Å². The molecular formula is C18H25N3. The Balaban J connectivity index is 2.13. The zero-order chi connectivity index (χ0) is 15.1. The third-order valence-electron chi connectivity index (χ3n) is 4.02. The van der Waals surface area contributed by atoms with E-state index in [2.05, 4.69) is 59.5 Å². The summed E-state index contributed by atoms with van der Waals surface area (Å²) < 4.78 is 0. The zero-order valence-electron chi connectivity index (χ0n) is 13.2. The largest absolute Gasteiger partial charge is 0.304 e. The summed E-state index contributed by atoms with van der Waals surface area (Å²) in [6.07, 6.45) is 4.17. The fourth-order valence-electron chi connectivity index (χ4n) is 2.80. The van der Waals surface area contributed by atoms with Gasteiger partial charge >= 0.3 is 0 Å². The minimum Gasteiger partial charge on any atom is -0.304 e. The monoisotopic (exact) mass is 283 g/mol. The van der Waals surface area contributed by atoms with Gasteiger partial charge in [-0.15, -0.1) is 0 Å². The molecule has 0 aliphatic heterocycles. The predicted octanol–water partition coefficient (Wildman–Crippen LogP) is 4.05. The molecule has 0 fully saturated rings. The number of hydrogen-bond acceptors (Lipinski definition) is 3. The van der Waals surface area contributed by atoms with E-state index in [1.165, 1.54) is 18.4 Å². The average molecular weight is 283 g/mol. The molecular weight excluding hydrogens is 258 g/mol. The van der Waals surface area contributed by atoms with Crippen LogP contribution in [-0.4, -0.2) is 9.97 Å². The van der Waals surface area contributed by atoms with Crippen LogP contribution in [-0.2, 0) is 6.54 Å². The van der Waals surface area contributed by atoms with Crippen LogP contribution in [0.4, 0.5) is 0 Å². The van der Waals surface area contributed by atoms with Gasteiger partial charge in [0, 0.05) is 18.8 Å². The molecule has 0 radical (unpaired) electrons. The van der Waals surface area contributed by atoms with E-state index in [0.717, 1.165) is 18.1 Å². The van der Waals surface area contributed by atoms with Crippen molar-refractivity contribution in [1.82, 2.24) is 15.3 Å². The molecule has 1 heterocycles. The highest BCUT2D eigenvalue weighted by molar-refractivity contribution is 5.20. The van der Waals surface area contributed by atoms with E-state index in [0.29, 0.717) is 12.0 Å². The highest BCUT2D eigenvalue weighted by Crippen LogP contribution is 2.27. The second-order valence-electron chi connectivity index (χ2n) is 5.44. The molecule has 1 aromatic carbocycles. The van der Waals surface area contributed by atoms with Crippen LogP contribution >= 0.6 is 0 Å². The molecule has 1 aromatic heterocycles. The fraction of sp³-hybridized carbons (Fsp3) is 0.444. The Labute approximate surface area is 127 Å². The normalized spacial score (nSPS) is 12.6. The van der Waals surface area contributed by atoms with Crippen LogP contribution in [0.15, 0.2) is 42.6 Å². The summed E-state index contributed by atoms with van der Waals surface area (Å²) in [5.41, 5.74) is 2.41. The number of rotatable bonds is 7. The fourth-order valence-corrected chi connectivity index (χ4v) is 2.80. The number of benzene rings is 1. The number of nitrogens with one attached hydrogen (secondary N) is 1. The molecule has 0 saturated heterocycles. The van der Waals surface area contributed by atoms with Gasteiger partial charge in [0.1, 0.15) is 5.82 Å². The maximum atomic E-state index is 4.48. The molecule has 2 aromatic rings. The first kappa shape index (κ1) is 15.6. The number of nitrogens with zero attached hydrogens (tertiary/aromatic N) is 2. The standard InChI is InChI=1S/C18H25N3/c1-4-15(5-2)18(16-9-7-6-8-10-16)20-13-17-11-12-19-14(3)21-17/h6-12,15,18,20H,4-5,13H2,1-3H3. The van der Waals surface area contributed by atoms with Crippen molar-refractivity contribution in [2.45, 2.75) is 46.2 Å². The van der Waals surface area contributed by atoms with Crippen molar-refractivity contribution in [3.05, 3.63) is 59.7 Å². The van der Waals surface area contributed by atoms with Gasteiger partial charge in [-0.25, -0.2) is 9.97 Å². The molecule has 1 N–H and O–H groups in total. The van der Waals surface area contributed by atoms with Crippen LogP contribution in [0.2, 0.25) is 0 Å². The summed E-state index contributed by atoms with van der Waals surface area (Å²) in [7, 11) is 0. The van der Waals surface area contributed by atoms with Gasteiger partial charge in [0.15, 0.2) is 0 Å². The first-order valence-electron chi connectivity index (χ1n) is 7.81. The highest BCUT2D eigenvalue weighted by atomic mass is 15.0. The molecule has 21 heavy (non-hydrogen) atoms. The predicted molar refractivity (Wildman–Crippen MR) is 86.9 cm³/mol. The molecule has 1 atom stereocenters. The maximum Gasteiger partial charge on any atom is 0.125 e. The van der Waals surface area contributed by atoms with Crippen molar-refractivity contribution in [3.63, 3.8) is 0 Å². The minimum absolute atomic E-state index is 0.372. The minimum atomic E-state index is 0.372. The number of hydrogen-bond donors (Lipinski definition) is 1. The van der Waals surface area contributed by atoms with Crippen molar-refractivity contribution in [3.8, 4) is 0 Å². The average Bonchev–Trinajstić information content (AvgIpc) is 2.52. The lowest BCUT2D eigenvalue weighted by atomic mass is 9.89. The first-order chi connectivity index (χ1) is 10.2. The van der Waals surface area contributed by atoms with E-state index in [9.17, 15) is 0 Å². The van der Waals surface area contributed by atoms with E-state index in [-0.39, 0.29) is 0 Å². The van der Waals surface area contributed by atoms with Crippen molar-refractivity contribution < 1.29 is 0 Å². The molecule has 0 spiro atoms. The molecule has 1 unspecified atom stereocenters. The van der Waals surface area contributed by atoms with Gasteiger partial charge < -0.3 is 5.32 Å². The lowest BCUT2D eigenvalue weighted by molar-refractivity contribution is 0.338. The summed E-state index contributed by atoms with van der Waals surface area (Å²) in [5.74, 6) is 1.46. The van der Waals surface area contributed by atoms with Gasteiger partial charge in [-0.1, -0.05) is 57.0 Å². The third kappa shape index (κ3) is 4.36. The molecule has 3 nitrogen and oxygen atoms in total. The van der Waals surface area contributed by atoms with Crippen LogP contribution < -0.4 is 5.32 Å². The second-order valence-corrected chi connectivity index (χ2v) is 5.44. The molecule has 0 saturated carbocycles. The van der Waals surface area contributed by atoms with Gasteiger partial charge in [0.2, 0.25) is 0 Å². The maximum absolute atomic E-state index is 4.48. The molecule has 0 aliphatic carbocycles. The SMILES string of the molecule is CCC(CC)C(NCc1ccnc(C)n1)c1ccccc1. The van der Waals surface area contributed by atoms with Crippen LogP contribution in [0, 0.1) is 12.8 Å². The van der Waals surface area contributed by atoms with Gasteiger partial charge in [0.25, 0.3) is 0 Å². The quantitative estimate of drug-likeness (QED) is 0.833. The van der Waals surface area contributed by atoms with Crippen LogP contribution in [0.3, 0.4) is 0 Å². The van der Waals surface area contributed by atoms with Gasteiger partial charge in [-0.05, 0) is 24.5 Å². The van der Waals surface area contributed by atoms with Crippen molar-refractivity contribution in [2.24, 2.45) is 5.92 Å². The summed E-state index contributed by atoms with van der Waals surface area (Å²) >= 11 is 0. The van der Waals surface area contributed by atoms with Crippen LogP contribution in [0.5, 0.6) is 0 Å². The lowest BCUT2D eigenvalue weighted by Crippen LogP contribution is -2.28. The summed E-state index contributed by atoms with van der Waals surface area (Å²) in [6.45, 7) is 7.24. The number of aryl methyl sites for hydroxylation is 1. The first-order valence-corrected chi connectivity index (χ1v) is 7.81. The van der Waals surface area contributed by atoms with E-state index in [1.807, 2.05) is 19.2 Å². The van der Waals surface area contributed by atoms with Crippen LogP contribution in [0.1, 0.15) is 49.8 Å². The Kier molecular flexibility index (Phi) is 5.88. The Morgan fingerprint density at radius 3 is 2.38 bits per heavy atom. The summed E-state index contributed by atoms with van der Waals surface area (Å²) in [6, 6.07) is 13.1. The molecule has 0 amide bonds. The Hall–Kier alpha value is -1.74. The van der Waals surface area contributed by atoms with Crippen LogP contribution in [0.25, 0.3) is 0 Å². The van der Waals surface area contributed by atoms with E-state index < -0.39 is 0 Å². The van der Waals surface area contributed by atoms with Crippen molar-refractivity contribution >= 4 is 0 Å². The Morgan fingerprint density at radius 2 is 1.76 bits per heavy atom. The smallest absolute Gasteiger partial charge is 0.125 e. The van der Waals surface area contributed by atoms with Gasteiger partial charge in [0.05, 0.1) is 5.69 Å². The molecule has 0 bridgehead atoms. The molecule has 0 aliphatic rings. The lowest BCUT2D eigenvalue weighted by Gasteiger charge is -2.27. The Morgan fingerprint density at radius 1 is 1.05 bits per heavy atom. The summed E-state index contributed by atoms with van der Waals surface area (Å²) in [5, 5.41) is 3.69. The topological polar surface area (TPSA) is 37.8 Å².